The number of esters is 1. The minimum Gasteiger partial charge on any atom is -0.466 e. The molecule has 0 aromatic rings. The van der Waals surface area contributed by atoms with Crippen molar-refractivity contribution in [1.29, 1.82) is 0 Å². The van der Waals surface area contributed by atoms with Crippen LogP contribution in [0.3, 0.4) is 0 Å². The molecule has 0 radical (unpaired) electrons. The topological polar surface area (TPSA) is 57.3 Å². The maximum Gasteiger partial charge on any atom is 0.330 e. The van der Waals surface area contributed by atoms with E-state index in [4.69, 9.17) is 25.8 Å². The molecule has 0 aromatic heterocycles. The van der Waals surface area contributed by atoms with Crippen molar-refractivity contribution in [2.45, 2.75) is 73.0 Å². The van der Waals surface area contributed by atoms with E-state index in [1.165, 1.54) is 13.2 Å². The van der Waals surface area contributed by atoms with E-state index in [-0.39, 0.29) is 46.8 Å². The fourth-order valence-corrected chi connectivity index (χ4v) is 4.37. The number of fused-ring (bicyclic) bond motifs is 3. The molecule has 0 N–H and O–H groups in total. The highest BCUT2D eigenvalue weighted by atomic mass is 79.9. The number of halogens is 2. The summed E-state index contributed by atoms with van der Waals surface area (Å²) < 4.78 is 22.6. The molecule has 0 amide bonds. The van der Waals surface area contributed by atoms with Crippen molar-refractivity contribution < 1.29 is 23.7 Å². The number of carbonyl (C=O) groups is 1. The van der Waals surface area contributed by atoms with Gasteiger partial charge in [0.1, 0.15) is 6.10 Å². The smallest absolute Gasteiger partial charge is 0.330 e. The summed E-state index contributed by atoms with van der Waals surface area (Å²) in [5, 5.41) is -0.0525. The Labute approximate surface area is 149 Å². The first-order valence-electron chi connectivity index (χ1n) is 7.98. The minimum absolute atomic E-state index is 0.0441. The number of hydrogen-bond acceptors (Lipinski definition) is 5. The molecule has 7 heteroatoms. The van der Waals surface area contributed by atoms with Crippen LogP contribution in [-0.2, 0) is 23.7 Å². The zero-order valence-electron chi connectivity index (χ0n) is 13.2. The van der Waals surface area contributed by atoms with Crippen molar-refractivity contribution in [1.82, 2.24) is 0 Å². The van der Waals surface area contributed by atoms with E-state index in [9.17, 15) is 4.79 Å². The first-order chi connectivity index (χ1) is 11.0. The fourth-order valence-electron chi connectivity index (χ4n) is 3.32. The molecule has 0 unspecified atom stereocenters. The Bertz CT molecular complexity index is 473. The predicted octanol–water partition coefficient (Wildman–Crippen LogP) is 2.58. The van der Waals surface area contributed by atoms with Gasteiger partial charge < -0.3 is 18.9 Å². The number of ether oxygens (including phenoxy) is 4. The van der Waals surface area contributed by atoms with Crippen molar-refractivity contribution >= 4 is 33.5 Å². The van der Waals surface area contributed by atoms with E-state index >= 15 is 0 Å². The summed E-state index contributed by atoms with van der Waals surface area (Å²) in [6.45, 7) is 2.00. The Morgan fingerprint density at radius 2 is 1.96 bits per heavy atom. The highest BCUT2D eigenvalue weighted by molar-refractivity contribution is 9.09. The van der Waals surface area contributed by atoms with Gasteiger partial charge in [0.2, 0.25) is 0 Å². The number of rotatable bonds is 2. The van der Waals surface area contributed by atoms with Crippen LogP contribution in [0.1, 0.15) is 26.2 Å². The van der Waals surface area contributed by atoms with Crippen molar-refractivity contribution in [2.24, 2.45) is 0 Å². The molecular formula is C16H22BrClO5. The van der Waals surface area contributed by atoms with Gasteiger partial charge in [-0.05, 0) is 25.8 Å². The number of carbonyl (C=O) groups excluding carboxylic acids is 1. The van der Waals surface area contributed by atoms with Crippen molar-refractivity contribution in [3.05, 3.63) is 12.2 Å². The molecular weight excluding hydrogens is 388 g/mol. The maximum atomic E-state index is 11.4. The second-order valence-corrected chi connectivity index (χ2v) is 8.09. The lowest BCUT2D eigenvalue weighted by Crippen LogP contribution is -2.29. The SMILES string of the molecule is COC(=O)C=C[C@@H]1C[C@@H]2O[C@H](C[C@@H]2Cl)[C@H](Br)C[C@@H]2O[C@H]2[C@@H](C)O1. The number of methoxy groups -OCH3 is 1. The van der Waals surface area contributed by atoms with Crippen LogP contribution in [0.5, 0.6) is 0 Å². The van der Waals surface area contributed by atoms with E-state index < -0.39 is 5.97 Å². The summed E-state index contributed by atoms with van der Waals surface area (Å²) in [5.74, 6) is -0.399. The Morgan fingerprint density at radius 3 is 2.70 bits per heavy atom. The van der Waals surface area contributed by atoms with Gasteiger partial charge >= 0.3 is 5.97 Å². The second kappa shape index (κ2) is 7.40. The molecule has 2 bridgehead atoms. The first kappa shape index (κ1) is 17.7. The molecule has 8 atom stereocenters. The Balaban J connectivity index is 1.74. The quantitative estimate of drug-likeness (QED) is 0.304. The standard InChI is InChI=1S/C16H22BrClO5/c1-8-16-14(23-16)6-10(17)12-7-11(18)13(22-12)5-9(21-8)3-4-15(19)20-2/h3-4,8-14,16H,5-7H2,1-2H3/t8-,9-,10-,11+,12-,13+,14+,16+/m1/s1. The van der Waals surface area contributed by atoms with Crippen LogP contribution in [0.2, 0.25) is 0 Å². The largest absolute Gasteiger partial charge is 0.466 e. The normalized spacial score (nSPS) is 47.0. The first-order valence-corrected chi connectivity index (χ1v) is 9.33. The van der Waals surface area contributed by atoms with Crippen molar-refractivity contribution in [3.8, 4) is 0 Å². The Kier molecular flexibility index (Phi) is 5.68. The van der Waals surface area contributed by atoms with Crippen LogP contribution >= 0.6 is 27.5 Å². The van der Waals surface area contributed by atoms with Crippen LogP contribution in [0.15, 0.2) is 12.2 Å². The Morgan fingerprint density at radius 1 is 1.17 bits per heavy atom. The van der Waals surface area contributed by atoms with Gasteiger partial charge in [-0.25, -0.2) is 4.79 Å². The van der Waals surface area contributed by atoms with E-state index in [2.05, 4.69) is 20.7 Å². The van der Waals surface area contributed by atoms with Crippen LogP contribution < -0.4 is 0 Å². The highest BCUT2D eigenvalue weighted by Crippen LogP contribution is 2.40. The van der Waals surface area contributed by atoms with Gasteiger partial charge in [-0.1, -0.05) is 15.9 Å². The number of epoxide rings is 1. The lowest BCUT2D eigenvalue weighted by molar-refractivity contribution is -0.135. The second-order valence-electron chi connectivity index (χ2n) is 6.35. The van der Waals surface area contributed by atoms with E-state index in [1.54, 1.807) is 6.08 Å². The van der Waals surface area contributed by atoms with E-state index in [1.807, 2.05) is 6.92 Å². The summed E-state index contributed by atoms with van der Waals surface area (Å²) in [4.78, 5) is 11.6. The summed E-state index contributed by atoms with van der Waals surface area (Å²) in [7, 11) is 1.35. The average Bonchev–Trinajstić information content (AvgIpc) is 3.19. The number of hydrogen-bond donors (Lipinski definition) is 0. The van der Waals surface area contributed by atoms with Crippen molar-refractivity contribution in [3.63, 3.8) is 0 Å². The molecule has 0 aromatic carbocycles. The maximum absolute atomic E-state index is 11.4. The van der Waals surface area contributed by atoms with Gasteiger partial charge in [0.05, 0.1) is 43.0 Å². The highest BCUT2D eigenvalue weighted by Gasteiger charge is 2.48. The van der Waals surface area contributed by atoms with E-state index in [0.29, 0.717) is 6.42 Å². The fraction of sp³-hybridized carbons (Fsp3) is 0.812. The molecule has 0 aliphatic carbocycles. The third-order valence-electron chi connectivity index (χ3n) is 4.66. The summed E-state index contributed by atoms with van der Waals surface area (Å²) in [5.41, 5.74) is 0. The van der Waals surface area contributed by atoms with Gasteiger partial charge in [-0.2, -0.15) is 0 Å². The molecule has 3 saturated heterocycles. The predicted molar refractivity (Wildman–Crippen MR) is 89.0 cm³/mol. The van der Waals surface area contributed by atoms with Crippen LogP contribution in [-0.4, -0.2) is 59.9 Å². The molecule has 0 spiro atoms. The molecule has 23 heavy (non-hydrogen) atoms. The minimum atomic E-state index is -0.399. The molecule has 3 heterocycles. The third kappa shape index (κ3) is 4.28. The Hall–Kier alpha value is -0.140. The van der Waals surface area contributed by atoms with Crippen LogP contribution in [0, 0.1) is 0 Å². The molecule has 3 aliphatic heterocycles. The number of alkyl halides is 2. The summed E-state index contributed by atoms with van der Waals surface area (Å²) in [6.07, 6.45) is 5.42. The molecule has 5 nitrogen and oxygen atoms in total. The van der Waals surface area contributed by atoms with Gasteiger partial charge in [0.15, 0.2) is 0 Å². The van der Waals surface area contributed by atoms with Crippen LogP contribution in [0.4, 0.5) is 0 Å². The lowest BCUT2D eigenvalue weighted by atomic mass is 10.0. The average molecular weight is 410 g/mol. The molecule has 3 rings (SSSR count). The molecule has 0 saturated carbocycles. The molecule has 3 aliphatic rings. The van der Waals surface area contributed by atoms with Gasteiger partial charge in [-0.3, -0.25) is 0 Å². The summed E-state index contributed by atoms with van der Waals surface area (Å²) >= 11 is 10.2. The van der Waals surface area contributed by atoms with Crippen LogP contribution in [0.25, 0.3) is 0 Å². The third-order valence-corrected chi connectivity index (χ3v) is 6.08. The van der Waals surface area contributed by atoms with Gasteiger partial charge in [0, 0.05) is 17.3 Å². The lowest BCUT2D eigenvalue weighted by Gasteiger charge is -2.23. The van der Waals surface area contributed by atoms with Gasteiger partial charge in [0.25, 0.3) is 0 Å². The zero-order valence-corrected chi connectivity index (χ0v) is 15.5. The summed E-state index contributed by atoms with van der Waals surface area (Å²) in [6, 6.07) is 0. The van der Waals surface area contributed by atoms with Gasteiger partial charge in [-0.15, -0.1) is 11.6 Å². The molecule has 3 fully saturated rings. The molecule has 130 valence electrons. The zero-order chi connectivity index (χ0) is 16.6. The van der Waals surface area contributed by atoms with E-state index in [0.717, 1.165) is 12.8 Å². The van der Waals surface area contributed by atoms with Crippen molar-refractivity contribution in [2.75, 3.05) is 7.11 Å². The monoisotopic (exact) mass is 408 g/mol.